The number of anilines is 1. The summed E-state index contributed by atoms with van der Waals surface area (Å²) in [5.41, 5.74) is 14.0. The molecule has 0 bridgehead atoms. The normalized spacial score (nSPS) is 11.3. The van der Waals surface area contributed by atoms with Gasteiger partial charge in [-0.3, -0.25) is 5.32 Å². The summed E-state index contributed by atoms with van der Waals surface area (Å²) in [6.07, 6.45) is -7.04. The van der Waals surface area contributed by atoms with E-state index in [4.69, 9.17) is 31.3 Å². The van der Waals surface area contributed by atoms with Crippen LogP contribution in [0.3, 0.4) is 0 Å². The first-order chi connectivity index (χ1) is 17.9. The van der Waals surface area contributed by atoms with Gasteiger partial charge in [-0.1, -0.05) is 43.2 Å². The Kier molecular flexibility index (Phi) is 14.3. The van der Waals surface area contributed by atoms with Gasteiger partial charge in [-0.05, 0) is 31.0 Å². The Morgan fingerprint density at radius 1 is 1.05 bits per heavy atom. The number of aryl methyl sites for hydroxylation is 1. The molecule has 0 aliphatic carbocycles. The van der Waals surface area contributed by atoms with Crippen molar-refractivity contribution in [1.82, 2.24) is 15.6 Å². The predicted octanol–water partition coefficient (Wildman–Crippen LogP) is 4.40. The summed E-state index contributed by atoms with van der Waals surface area (Å²) in [4.78, 5) is 39.0. The molecule has 0 saturated carbocycles. The van der Waals surface area contributed by atoms with Gasteiger partial charge >= 0.3 is 30.3 Å². The number of halogens is 6. The van der Waals surface area contributed by atoms with Crippen molar-refractivity contribution in [2.24, 2.45) is 10.7 Å². The second kappa shape index (κ2) is 16.0. The van der Waals surface area contributed by atoms with E-state index in [1.54, 1.807) is 0 Å². The third kappa shape index (κ3) is 15.0. The zero-order valence-corrected chi connectivity index (χ0v) is 21.3. The van der Waals surface area contributed by atoms with Crippen LogP contribution < -0.4 is 22.1 Å². The summed E-state index contributed by atoms with van der Waals surface area (Å²) < 4.78 is 63.5. The number of hydrogen-bond acceptors (Lipinski definition) is 7. The Hall–Kier alpha value is -4.09. The van der Waals surface area contributed by atoms with E-state index >= 15 is 0 Å². The average Bonchev–Trinajstić information content (AvgIpc) is 3.14. The first kappa shape index (κ1) is 34.9. The molecule has 1 heterocycles. The molecule has 2 rings (SSSR count). The molecule has 0 spiro atoms. The van der Waals surface area contributed by atoms with Crippen molar-refractivity contribution in [3.05, 3.63) is 30.0 Å². The minimum absolute atomic E-state index is 0.0469. The molecule has 8 N–H and O–H groups in total. The van der Waals surface area contributed by atoms with Gasteiger partial charge in [0.25, 0.3) is 0 Å². The number of amides is 2. The lowest BCUT2D eigenvalue weighted by Crippen LogP contribution is -2.43. The van der Waals surface area contributed by atoms with Crippen LogP contribution in [-0.2, 0) is 9.59 Å². The van der Waals surface area contributed by atoms with Gasteiger partial charge in [-0.25, -0.2) is 24.4 Å². The number of alkyl halides is 6. The van der Waals surface area contributed by atoms with E-state index in [0.717, 1.165) is 35.4 Å². The van der Waals surface area contributed by atoms with Gasteiger partial charge in [-0.2, -0.15) is 26.3 Å². The fraction of sp³-hybridized carbons (Fsp3) is 0.381. The second-order valence-corrected chi connectivity index (χ2v) is 8.24. The summed E-state index contributed by atoms with van der Waals surface area (Å²) >= 11 is 1.43. The first-order valence-electron chi connectivity index (χ1n) is 10.7. The maximum Gasteiger partial charge on any atom is 0.490 e. The van der Waals surface area contributed by atoms with Gasteiger partial charge in [0.1, 0.15) is 0 Å². The molecule has 218 valence electrons. The van der Waals surface area contributed by atoms with Gasteiger partial charge in [0.05, 0.1) is 16.3 Å². The molecule has 0 aliphatic rings. The molecule has 18 heteroatoms. The number of nitrogen functional groups attached to an aromatic ring is 1. The molecule has 11 nitrogen and oxygen atoms in total. The number of aromatic nitrogens is 1. The van der Waals surface area contributed by atoms with Crippen LogP contribution in [0.25, 0.3) is 10.4 Å². The van der Waals surface area contributed by atoms with E-state index < -0.39 is 24.3 Å². The Balaban J connectivity index is 0.000000848. The van der Waals surface area contributed by atoms with Crippen LogP contribution in [0.1, 0.15) is 31.9 Å². The number of nitrogens with two attached hydrogens (primary N) is 2. The van der Waals surface area contributed by atoms with E-state index in [0.29, 0.717) is 17.4 Å². The number of nitrogens with zero attached hydrogens (tertiary/aromatic N) is 2. The lowest BCUT2D eigenvalue weighted by atomic mass is 10.1. The Bertz CT molecular complexity index is 1110. The molecule has 0 unspecified atom stereocenters. The second-order valence-electron chi connectivity index (χ2n) is 7.21. The fourth-order valence-electron chi connectivity index (χ4n) is 2.31. The number of guanidine groups is 1. The van der Waals surface area contributed by atoms with E-state index in [1.807, 2.05) is 31.2 Å². The number of rotatable bonds is 6. The zero-order chi connectivity index (χ0) is 30.4. The van der Waals surface area contributed by atoms with E-state index in [1.165, 1.54) is 11.3 Å². The maximum absolute atomic E-state index is 11.7. The van der Waals surface area contributed by atoms with Crippen molar-refractivity contribution >= 4 is 46.1 Å². The fourth-order valence-corrected chi connectivity index (χ4v) is 3.14. The third-order valence-electron chi connectivity index (χ3n) is 3.96. The molecule has 1 aromatic carbocycles. The minimum atomic E-state index is -5.08. The number of hydrogen-bond donors (Lipinski definition) is 6. The molecule has 0 saturated heterocycles. The van der Waals surface area contributed by atoms with Crippen molar-refractivity contribution in [1.29, 1.82) is 0 Å². The summed E-state index contributed by atoms with van der Waals surface area (Å²) in [5.74, 6) is -5.47. The van der Waals surface area contributed by atoms with Crippen LogP contribution in [0.2, 0.25) is 0 Å². The Morgan fingerprint density at radius 3 is 2.03 bits per heavy atom. The number of thiazole rings is 1. The zero-order valence-electron chi connectivity index (χ0n) is 20.5. The number of benzene rings is 1. The molecule has 0 radical (unpaired) electrons. The Morgan fingerprint density at radius 2 is 1.59 bits per heavy atom. The van der Waals surface area contributed by atoms with Crippen molar-refractivity contribution in [3.8, 4) is 10.4 Å². The molecule has 0 atom stereocenters. The smallest absolute Gasteiger partial charge is 0.475 e. The SMILES string of the molecule is CCCCCNC(=O)NC(N)=Nc1cccc(-c2sc(N)nc2C)c1.O=C(O)C(F)(F)F.O=C(O)C(F)(F)F. The van der Waals surface area contributed by atoms with E-state index in [9.17, 15) is 31.1 Å². The molecule has 0 aliphatic heterocycles. The predicted molar refractivity (Wildman–Crippen MR) is 131 cm³/mol. The lowest BCUT2D eigenvalue weighted by Gasteiger charge is -2.07. The number of carboxylic acids is 2. The molecule has 2 amide bonds. The monoisotopic (exact) mass is 588 g/mol. The van der Waals surface area contributed by atoms with Crippen molar-refractivity contribution < 1.29 is 50.9 Å². The highest BCUT2D eigenvalue weighted by atomic mass is 32.1. The quantitative estimate of drug-likeness (QED) is 0.124. The standard InChI is InChI=1S/C17H24N6OS.2C2HF3O2/c1-3-4-5-9-20-17(24)23-15(18)22-13-8-6-7-12(10-13)14-11(2)21-16(19)25-14;2*3-2(4,5)1(6)7/h6-8,10H,3-5,9H2,1-2H3,(H2,19,21)(H4,18,20,22,23,24);2*(H,6,7). The molecule has 39 heavy (non-hydrogen) atoms. The van der Waals surface area contributed by atoms with E-state index in [-0.39, 0.29) is 12.0 Å². The molecular formula is C21H26F6N6O5S. The lowest BCUT2D eigenvalue weighted by molar-refractivity contribution is -0.193. The third-order valence-corrected chi connectivity index (χ3v) is 5.00. The molecule has 1 aromatic heterocycles. The Labute approximate surface area is 221 Å². The molecular weight excluding hydrogens is 562 g/mol. The summed E-state index contributed by atoms with van der Waals surface area (Å²) in [5, 5.41) is 20.1. The van der Waals surface area contributed by atoms with Gasteiger partial charge < -0.3 is 27.0 Å². The van der Waals surface area contributed by atoms with Crippen LogP contribution in [-0.4, -0.2) is 58.0 Å². The molecule has 2 aromatic rings. The average molecular weight is 589 g/mol. The van der Waals surface area contributed by atoms with Crippen LogP contribution >= 0.6 is 11.3 Å². The summed E-state index contributed by atoms with van der Waals surface area (Å²) in [7, 11) is 0. The summed E-state index contributed by atoms with van der Waals surface area (Å²) in [6, 6.07) is 7.19. The van der Waals surface area contributed by atoms with Gasteiger partial charge in [0, 0.05) is 6.54 Å². The number of aliphatic carboxylic acids is 2. The number of nitrogens with one attached hydrogen (secondary N) is 2. The number of carbonyl (C=O) groups is 3. The largest absolute Gasteiger partial charge is 0.490 e. The van der Waals surface area contributed by atoms with Gasteiger partial charge in [-0.15, -0.1) is 0 Å². The molecule has 0 fully saturated rings. The van der Waals surface area contributed by atoms with Crippen molar-refractivity contribution in [2.75, 3.05) is 12.3 Å². The number of urea groups is 1. The number of carbonyl (C=O) groups excluding carboxylic acids is 1. The van der Waals surface area contributed by atoms with Crippen LogP contribution in [0.5, 0.6) is 0 Å². The van der Waals surface area contributed by atoms with E-state index in [2.05, 4.69) is 27.5 Å². The van der Waals surface area contributed by atoms with Crippen LogP contribution in [0.4, 0.5) is 42.0 Å². The maximum atomic E-state index is 11.7. The van der Waals surface area contributed by atoms with Crippen LogP contribution in [0, 0.1) is 6.92 Å². The topological polar surface area (TPSA) is 193 Å². The van der Waals surface area contributed by atoms with Crippen LogP contribution in [0.15, 0.2) is 29.3 Å². The summed E-state index contributed by atoms with van der Waals surface area (Å²) in [6.45, 7) is 4.65. The number of carboxylic acid groups (broad SMARTS) is 2. The highest BCUT2D eigenvalue weighted by Gasteiger charge is 2.38. The highest BCUT2D eigenvalue weighted by Crippen LogP contribution is 2.33. The highest BCUT2D eigenvalue weighted by molar-refractivity contribution is 7.18. The van der Waals surface area contributed by atoms with Gasteiger partial charge in [0.15, 0.2) is 5.13 Å². The first-order valence-corrected chi connectivity index (χ1v) is 11.5. The number of aliphatic imine (C=N–C) groups is 1. The number of unbranched alkanes of at least 4 members (excludes halogenated alkanes) is 2. The van der Waals surface area contributed by atoms with Crippen molar-refractivity contribution in [2.45, 2.75) is 45.5 Å². The van der Waals surface area contributed by atoms with Crippen molar-refractivity contribution in [3.63, 3.8) is 0 Å². The van der Waals surface area contributed by atoms with Gasteiger partial charge in [0.2, 0.25) is 5.96 Å². The minimum Gasteiger partial charge on any atom is -0.475 e.